The number of benzene rings is 1. The van der Waals surface area contributed by atoms with E-state index < -0.39 is 0 Å². The van der Waals surface area contributed by atoms with Crippen LogP contribution < -0.4 is 20.7 Å². The Labute approximate surface area is 155 Å². The zero-order valence-corrected chi connectivity index (χ0v) is 15.9. The van der Waals surface area contributed by atoms with Gasteiger partial charge in [0, 0.05) is 25.6 Å². The molecule has 1 aromatic rings. The van der Waals surface area contributed by atoms with Crippen molar-refractivity contribution in [3.8, 4) is 5.75 Å². The molecular formula is C19H30N4O3. The van der Waals surface area contributed by atoms with Crippen molar-refractivity contribution in [3.05, 3.63) is 29.8 Å². The first-order valence-electron chi connectivity index (χ1n) is 9.11. The molecule has 1 atom stereocenters. The summed E-state index contributed by atoms with van der Waals surface area (Å²) in [7, 11) is 5.60. The maximum absolute atomic E-state index is 12.0. The summed E-state index contributed by atoms with van der Waals surface area (Å²) in [5, 5.41) is 8.64. The molecule has 26 heavy (non-hydrogen) atoms. The molecule has 1 unspecified atom stereocenters. The molecule has 0 bridgehead atoms. The van der Waals surface area contributed by atoms with Gasteiger partial charge >= 0.3 is 6.03 Å². The number of ether oxygens (including phenoxy) is 1. The smallest absolute Gasteiger partial charge is 0.314 e. The van der Waals surface area contributed by atoms with Gasteiger partial charge in [0.05, 0.1) is 13.2 Å². The van der Waals surface area contributed by atoms with Crippen LogP contribution in [-0.2, 0) is 4.79 Å². The number of rotatable bonds is 10. The van der Waals surface area contributed by atoms with E-state index in [0.717, 1.165) is 24.2 Å². The van der Waals surface area contributed by atoms with Crippen LogP contribution in [0.1, 0.15) is 37.3 Å². The summed E-state index contributed by atoms with van der Waals surface area (Å²) < 4.78 is 5.18. The minimum atomic E-state index is -0.215. The number of methoxy groups -OCH3 is 1. The number of hydrogen-bond donors (Lipinski definition) is 3. The Bertz CT molecular complexity index is 585. The fourth-order valence-electron chi connectivity index (χ4n) is 2.65. The average Bonchev–Trinajstić information content (AvgIpc) is 3.43. The van der Waals surface area contributed by atoms with Crippen molar-refractivity contribution in [1.82, 2.24) is 20.9 Å². The van der Waals surface area contributed by atoms with Crippen molar-refractivity contribution in [2.45, 2.75) is 37.8 Å². The van der Waals surface area contributed by atoms with Crippen molar-refractivity contribution in [2.24, 2.45) is 0 Å². The molecule has 3 amide bonds. The van der Waals surface area contributed by atoms with Crippen molar-refractivity contribution < 1.29 is 14.3 Å². The van der Waals surface area contributed by atoms with Crippen LogP contribution in [0.4, 0.5) is 4.79 Å². The lowest BCUT2D eigenvalue weighted by atomic mass is 10.1. The fraction of sp³-hybridized carbons (Fsp3) is 0.579. The summed E-state index contributed by atoms with van der Waals surface area (Å²) in [6.45, 7) is 0.979. The van der Waals surface area contributed by atoms with E-state index in [-0.39, 0.29) is 18.0 Å². The van der Waals surface area contributed by atoms with E-state index in [1.54, 1.807) is 7.11 Å². The van der Waals surface area contributed by atoms with Gasteiger partial charge in [-0.05, 0) is 51.1 Å². The highest BCUT2D eigenvalue weighted by Crippen LogP contribution is 2.20. The molecule has 0 aromatic heterocycles. The first kappa shape index (κ1) is 20.0. The summed E-state index contributed by atoms with van der Waals surface area (Å²) >= 11 is 0. The van der Waals surface area contributed by atoms with Gasteiger partial charge in [0.25, 0.3) is 0 Å². The first-order valence-corrected chi connectivity index (χ1v) is 9.11. The van der Waals surface area contributed by atoms with E-state index in [9.17, 15) is 9.59 Å². The molecule has 0 aliphatic heterocycles. The SMILES string of the molecule is COc1ccc(C(CNC(=O)NCCCC(=O)NC2CC2)N(C)C)cc1. The lowest BCUT2D eigenvalue weighted by molar-refractivity contribution is -0.121. The Morgan fingerprint density at radius 1 is 1.19 bits per heavy atom. The second kappa shape index (κ2) is 10.0. The molecule has 0 heterocycles. The largest absolute Gasteiger partial charge is 0.497 e. The highest BCUT2D eigenvalue weighted by molar-refractivity contribution is 5.77. The predicted molar refractivity (Wildman–Crippen MR) is 101 cm³/mol. The molecule has 2 rings (SSSR count). The number of carbonyl (C=O) groups excluding carboxylic acids is 2. The molecule has 0 saturated heterocycles. The van der Waals surface area contributed by atoms with Gasteiger partial charge < -0.3 is 25.6 Å². The number of amides is 3. The van der Waals surface area contributed by atoms with E-state index in [1.165, 1.54) is 0 Å². The minimum absolute atomic E-state index is 0.0657. The quantitative estimate of drug-likeness (QED) is 0.553. The number of hydrogen-bond acceptors (Lipinski definition) is 4. The van der Waals surface area contributed by atoms with E-state index in [4.69, 9.17) is 4.74 Å². The molecular weight excluding hydrogens is 332 g/mol. The summed E-state index contributed by atoms with van der Waals surface area (Å²) in [6, 6.07) is 8.07. The second-order valence-electron chi connectivity index (χ2n) is 6.83. The molecule has 0 spiro atoms. The number of nitrogens with zero attached hydrogens (tertiary/aromatic N) is 1. The third-order valence-electron chi connectivity index (χ3n) is 4.39. The van der Waals surface area contributed by atoms with E-state index in [0.29, 0.717) is 32.0 Å². The molecule has 144 valence electrons. The number of urea groups is 1. The number of likely N-dealkylation sites (N-methyl/N-ethyl adjacent to an activating group) is 1. The molecule has 1 aliphatic rings. The van der Waals surface area contributed by atoms with Crippen LogP contribution in [0, 0.1) is 0 Å². The zero-order valence-electron chi connectivity index (χ0n) is 15.9. The molecule has 1 aromatic carbocycles. The first-order chi connectivity index (χ1) is 12.5. The van der Waals surface area contributed by atoms with Crippen LogP contribution in [-0.4, -0.2) is 57.2 Å². The molecule has 7 nitrogen and oxygen atoms in total. The Kier molecular flexibility index (Phi) is 7.72. The van der Waals surface area contributed by atoms with Crippen molar-refractivity contribution in [3.63, 3.8) is 0 Å². The van der Waals surface area contributed by atoms with Crippen LogP contribution in [0.25, 0.3) is 0 Å². The van der Waals surface area contributed by atoms with E-state index >= 15 is 0 Å². The molecule has 7 heteroatoms. The third-order valence-corrected chi connectivity index (χ3v) is 4.39. The Morgan fingerprint density at radius 3 is 2.46 bits per heavy atom. The maximum Gasteiger partial charge on any atom is 0.314 e. The average molecular weight is 362 g/mol. The standard InChI is InChI=1S/C19H30N4O3/c1-23(2)17(14-6-10-16(26-3)11-7-14)13-21-19(25)20-12-4-5-18(24)22-15-8-9-15/h6-7,10-11,15,17H,4-5,8-9,12-13H2,1-3H3,(H,22,24)(H2,20,21,25). The molecule has 1 fully saturated rings. The summed E-state index contributed by atoms with van der Waals surface area (Å²) in [5.74, 6) is 0.879. The van der Waals surface area contributed by atoms with Gasteiger partial charge in [0.2, 0.25) is 5.91 Å². The number of carbonyl (C=O) groups is 2. The lowest BCUT2D eigenvalue weighted by Gasteiger charge is -2.25. The highest BCUT2D eigenvalue weighted by Gasteiger charge is 2.22. The monoisotopic (exact) mass is 362 g/mol. The van der Waals surface area contributed by atoms with Crippen molar-refractivity contribution in [1.29, 1.82) is 0 Å². The van der Waals surface area contributed by atoms with Crippen molar-refractivity contribution >= 4 is 11.9 Å². The predicted octanol–water partition coefficient (Wildman–Crippen LogP) is 1.66. The van der Waals surface area contributed by atoms with Gasteiger partial charge in [-0.15, -0.1) is 0 Å². The Hall–Kier alpha value is -2.28. The van der Waals surface area contributed by atoms with Gasteiger partial charge in [-0.25, -0.2) is 4.79 Å². The molecule has 0 radical (unpaired) electrons. The summed E-state index contributed by atoms with van der Waals surface area (Å²) in [5.41, 5.74) is 1.10. The topological polar surface area (TPSA) is 82.7 Å². The van der Waals surface area contributed by atoms with E-state index in [2.05, 4.69) is 20.9 Å². The normalized spacial score (nSPS) is 14.6. The molecule has 3 N–H and O–H groups in total. The summed E-state index contributed by atoms with van der Waals surface area (Å²) in [6.07, 6.45) is 3.27. The molecule has 1 saturated carbocycles. The molecule has 1 aliphatic carbocycles. The summed E-state index contributed by atoms with van der Waals surface area (Å²) in [4.78, 5) is 25.6. The minimum Gasteiger partial charge on any atom is -0.497 e. The van der Waals surface area contributed by atoms with Gasteiger partial charge in [-0.1, -0.05) is 12.1 Å². The lowest BCUT2D eigenvalue weighted by Crippen LogP contribution is -2.41. The van der Waals surface area contributed by atoms with Gasteiger partial charge in [-0.2, -0.15) is 0 Å². The van der Waals surface area contributed by atoms with Crippen molar-refractivity contribution in [2.75, 3.05) is 34.3 Å². The van der Waals surface area contributed by atoms with Gasteiger partial charge in [-0.3, -0.25) is 4.79 Å². The fourth-order valence-corrected chi connectivity index (χ4v) is 2.65. The zero-order chi connectivity index (χ0) is 18.9. The van der Waals surface area contributed by atoms with Crippen LogP contribution in [0.15, 0.2) is 24.3 Å². The Morgan fingerprint density at radius 2 is 1.88 bits per heavy atom. The Balaban J connectivity index is 1.68. The van der Waals surface area contributed by atoms with Crippen LogP contribution >= 0.6 is 0 Å². The third kappa shape index (κ3) is 6.92. The van der Waals surface area contributed by atoms with Crippen LogP contribution in [0.2, 0.25) is 0 Å². The maximum atomic E-state index is 12.0. The van der Waals surface area contributed by atoms with Gasteiger partial charge in [0.1, 0.15) is 5.75 Å². The van der Waals surface area contributed by atoms with E-state index in [1.807, 2.05) is 38.4 Å². The van der Waals surface area contributed by atoms with Gasteiger partial charge in [0.15, 0.2) is 0 Å². The number of nitrogens with one attached hydrogen (secondary N) is 3. The van der Waals surface area contributed by atoms with Crippen LogP contribution in [0.5, 0.6) is 5.75 Å². The highest BCUT2D eigenvalue weighted by atomic mass is 16.5. The van der Waals surface area contributed by atoms with Crippen LogP contribution in [0.3, 0.4) is 0 Å². The second-order valence-corrected chi connectivity index (χ2v) is 6.83.